The predicted molar refractivity (Wildman–Crippen MR) is 109 cm³/mol. The molecule has 0 radical (unpaired) electrons. The van der Waals surface area contributed by atoms with E-state index in [4.69, 9.17) is 0 Å². The molecule has 4 heteroatoms. The summed E-state index contributed by atoms with van der Waals surface area (Å²) in [5, 5.41) is 4.49. The number of hydrogen-bond acceptors (Lipinski definition) is 2. The van der Waals surface area contributed by atoms with E-state index in [1.165, 1.54) is 17.7 Å². The fraction of sp³-hybridized carbons (Fsp3) is 0.250. The van der Waals surface area contributed by atoms with Crippen molar-refractivity contribution >= 4 is 11.9 Å². The van der Waals surface area contributed by atoms with Crippen LogP contribution in [-0.2, 0) is 17.6 Å². The number of hydrogen-bond donors (Lipinski definition) is 0. The van der Waals surface area contributed by atoms with E-state index in [1.807, 2.05) is 42.9 Å². The van der Waals surface area contributed by atoms with Gasteiger partial charge in [-0.1, -0.05) is 35.9 Å². The molecular formula is C24H23FN2O. The minimum atomic E-state index is -0.515. The molecule has 0 N–H and O–H groups in total. The lowest BCUT2D eigenvalue weighted by Gasteiger charge is -2.32. The predicted octanol–water partition coefficient (Wildman–Crippen LogP) is 5.18. The van der Waals surface area contributed by atoms with E-state index in [1.54, 1.807) is 12.1 Å². The molecule has 1 aliphatic carbocycles. The molecule has 3 nitrogen and oxygen atoms in total. The van der Waals surface area contributed by atoms with Crippen molar-refractivity contribution in [2.24, 2.45) is 5.41 Å². The highest BCUT2D eigenvalue weighted by Crippen LogP contribution is 2.40. The first kappa shape index (κ1) is 18.4. The summed E-state index contributed by atoms with van der Waals surface area (Å²) in [6, 6.07) is 16.4. The average Bonchev–Trinajstić information content (AvgIpc) is 3.10. The van der Waals surface area contributed by atoms with Crippen molar-refractivity contribution in [3.63, 3.8) is 0 Å². The van der Waals surface area contributed by atoms with E-state index < -0.39 is 5.41 Å². The van der Waals surface area contributed by atoms with Crippen LogP contribution in [0.2, 0.25) is 0 Å². The topological polar surface area (TPSA) is 34.9 Å². The first-order valence-electron chi connectivity index (χ1n) is 9.56. The Bertz CT molecular complexity index is 1030. The van der Waals surface area contributed by atoms with Gasteiger partial charge in [0.1, 0.15) is 11.6 Å². The average molecular weight is 374 g/mol. The summed E-state index contributed by atoms with van der Waals surface area (Å²) in [7, 11) is 0. The van der Waals surface area contributed by atoms with Crippen LogP contribution in [0.1, 0.15) is 37.1 Å². The molecule has 0 fully saturated rings. The largest absolute Gasteiger partial charge is 0.299 e. The number of halogens is 1. The summed E-state index contributed by atoms with van der Waals surface area (Å²) in [5.74, 6) is -0.0154. The Labute approximate surface area is 164 Å². The van der Waals surface area contributed by atoms with Crippen LogP contribution < -0.4 is 0 Å². The second kappa shape index (κ2) is 7.19. The molecule has 1 aromatic heterocycles. The van der Waals surface area contributed by atoms with Crippen molar-refractivity contribution < 1.29 is 9.18 Å². The molecule has 1 aliphatic rings. The number of nitrogens with zero attached hydrogens (tertiary/aromatic N) is 2. The second-order valence-electron chi connectivity index (χ2n) is 7.69. The molecule has 4 rings (SSSR count). The van der Waals surface area contributed by atoms with Gasteiger partial charge in [-0.15, -0.1) is 0 Å². The third-order valence-corrected chi connectivity index (χ3v) is 5.82. The number of benzene rings is 2. The number of rotatable bonds is 5. The Hall–Kier alpha value is -3.01. The molecule has 0 saturated carbocycles. The van der Waals surface area contributed by atoms with Gasteiger partial charge >= 0.3 is 0 Å². The number of aryl methyl sites for hydroxylation is 1. The third kappa shape index (κ3) is 3.31. The minimum Gasteiger partial charge on any atom is -0.299 e. The maximum atomic E-state index is 13.2. The number of carbonyl (C=O) groups excluding carboxylic acids is 1. The van der Waals surface area contributed by atoms with Gasteiger partial charge in [-0.2, -0.15) is 5.10 Å². The molecular weight excluding hydrogens is 351 g/mol. The van der Waals surface area contributed by atoms with Gasteiger partial charge in [0.2, 0.25) is 0 Å². The van der Waals surface area contributed by atoms with Crippen LogP contribution in [0, 0.1) is 11.2 Å². The fourth-order valence-corrected chi connectivity index (χ4v) is 3.85. The van der Waals surface area contributed by atoms with Gasteiger partial charge in [-0.25, -0.2) is 9.07 Å². The highest BCUT2D eigenvalue weighted by atomic mass is 19.1. The van der Waals surface area contributed by atoms with Crippen LogP contribution in [0.4, 0.5) is 4.39 Å². The van der Waals surface area contributed by atoms with Crippen LogP contribution in [-0.4, -0.2) is 15.6 Å². The van der Waals surface area contributed by atoms with Crippen molar-refractivity contribution in [1.82, 2.24) is 9.78 Å². The maximum absolute atomic E-state index is 13.2. The maximum Gasteiger partial charge on any atom is 0.143 e. The van der Waals surface area contributed by atoms with Crippen LogP contribution >= 0.6 is 0 Å². The molecule has 0 spiro atoms. The van der Waals surface area contributed by atoms with Gasteiger partial charge < -0.3 is 0 Å². The van der Waals surface area contributed by atoms with E-state index in [0.717, 1.165) is 28.9 Å². The molecule has 142 valence electrons. The Morgan fingerprint density at radius 3 is 2.57 bits per heavy atom. The fourth-order valence-electron chi connectivity index (χ4n) is 3.85. The number of allylic oxidation sites excluding steroid dienone is 1. The molecule has 3 aromatic rings. The highest BCUT2D eigenvalue weighted by Gasteiger charge is 2.38. The number of fused-ring (bicyclic) bond motifs is 1. The third-order valence-electron chi connectivity index (χ3n) is 5.82. The van der Waals surface area contributed by atoms with Crippen molar-refractivity contribution in [3.8, 4) is 5.69 Å². The van der Waals surface area contributed by atoms with Crippen LogP contribution in [0.5, 0.6) is 0 Å². The van der Waals surface area contributed by atoms with Gasteiger partial charge in [0.15, 0.2) is 0 Å². The summed E-state index contributed by atoms with van der Waals surface area (Å²) >= 11 is 0. The molecule has 0 aliphatic heterocycles. The summed E-state index contributed by atoms with van der Waals surface area (Å²) in [6.45, 7) is 4.05. The zero-order valence-electron chi connectivity index (χ0n) is 16.2. The monoisotopic (exact) mass is 374 g/mol. The summed E-state index contributed by atoms with van der Waals surface area (Å²) < 4.78 is 15.0. The number of Topliss-reactive ketones (excluding diaryl/α,β-unsaturated/α-hetero) is 1. The van der Waals surface area contributed by atoms with Gasteiger partial charge in [0.05, 0.1) is 23.0 Å². The SMILES string of the molecule is CC1=Cc2c(cnn2-c2ccc(F)cc2)CC1(C)C(=O)CCc1ccccc1. The normalized spacial score (nSPS) is 18.5. The van der Waals surface area contributed by atoms with Gasteiger partial charge in [-0.05, 0) is 68.2 Å². The van der Waals surface area contributed by atoms with E-state index in [0.29, 0.717) is 12.8 Å². The van der Waals surface area contributed by atoms with E-state index in [2.05, 4.69) is 23.3 Å². The summed E-state index contributed by atoms with van der Waals surface area (Å²) in [5.41, 5.74) is 4.54. The van der Waals surface area contributed by atoms with Crippen molar-refractivity contribution in [2.45, 2.75) is 33.1 Å². The Kier molecular flexibility index (Phi) is 4.71. The molecule has 0 saturated heterocycles. The minimum absolute atomic E-state index is 0.255. The summed E-state index contributed by atoms with van der Waals surface area (Å²) in [4.78, 5) is 13.1. The standard InChI is InChI=1S/C24H23FN2O/c1-17-14-22-19(16-26-27(22)21-11-9-20(25)10-12-21)15-24(17,2)23(28)13-8-18-6-4-3-5-7-18/h3-7,9-12,14,16H,8,13,15H2,1-2H3. The van der Waals surface area contributed by atoms with Crippen molar-refractivity contribution in [1.29, 1.82) is 0 Å². The first-order valence-corrected chi connectivity index (χ1v) is 9.56. The van der Waals surface area contributed by atoms with E-state index in [-0.39, 0.29) is 11.6 Å². The van der Waals surface area contributed by atoms with Gasteiger partial charge in [0, 0.05) is 6.42 Å². The second-order valence-corrected chi connectivity index (χ2v) is 7.69. The van der Waals surface area contributed by atoms with E-state index in [9.17, 15) is 9.18 Å². The van der Waals surface area contributed by atoms with Gasteiger partial charge in [-0.3, -0.25) is 4.79 Å². The zero-order valence-corrected chi connectivity index (χ0v) is 16.2. The van der Waals surface area contributed by atoms with Crippen LogP contribution in [0.25, 0.3) is 11.8 Å². The van der Waals surface area contributed by atoms with Crippen molar-refractivity contribution in [2.75, 3.05) is 0 Å². The van der Waals surface area contributed by atoms with Gasteiger partial charge in [0.25, 0.3) is 0 Å². The lowest BCUT2D eigenvalue weighted by Crippen LogP contribution is -2.34. The summed E-state index contributed by atoms with van der Waals surface area (Å²) in [6.07, 6.45) is 5.79. The molecule has 0 bridgehead atoms. The first-order chi connectivity index (χ1) is 13.5. The molecule has 0 amide bonds. The highest BCUT2D eigenvalue weighted by molar-refractivity contribution is 5.90. The number of aromatic nitrogens is 2. The number of ketones is 1. The Balaban J connectivity index is 1.58. The zero-order chi connectivity index (χ0) is 19.7. The van der Waals surface area contributed by atoms with Crippen molar-refractivity contribution in [3.05, 3.63) is 89.0 Å². The molecule has 1 heterocycles. The molecule has 1 atom stereocenters. The van der Waals surface area contributed by atoms with E-state index >= 15 is 0 Å². The smallest absolute Gasteiger partial charge is 0.143 e. The molecule has 1 unspecified atom stereocenters. The Morgan fingerprint density at radius 2 is 1.86 bits per heavy atom. The number of carbonyl (C=O) groups is 1. The van der Waals surface area contributed by atoms with Crippen LogP contribution in [0.15, 0.2) is 66.4 Å². The quantitative estimate of drug-likeness (QED) is 0.617. The van der Waals surface area contributed by atoms with Crippen LogP contribution in [0.3, 0.4) is 0 Å². The lowest BCUT2D eigenvalue weighted by molar-refractivity contribution is -0.126. The molecule has 2 aromatic carbocycles. The molecule has 28 heavy (non-hydrogen) atoms. The lowest BCUT2D eigenvalue weighted by atomic mass is 9.70. The Morgan fingerprint density at radius 1 is 1.14 bits per heavy atom.